The van der Waals surface area contributed by atoms with Crippen molar-refractivity contribution in [2.24, 2.45) is 0 Å². The van der Waals surface area contributed by atoms with Crippen LogP contribution in [0.2, 0.25) is 0 Å². The third-order valence-electron chi connectivity index (χ3n) is 3.22. The summed E-state index contributed by atoms with van der Waals surface area (Å²) in [4.78, 5) is 12.1. The summed E-state index contributed by atoms with van der Waals surface area (Å²) in [7, 11) is 0. The number of fused-ring (bicyclic) bond motifs is 3. The minimum Gasteiger partial charge on any atom is -0.872 e. The third kappa shape index (κ3) is 1.73. The van der Waals surface area contributed by atoms with Crippen molar-refractivity contribution in [2.45, 2.75) is 19.1 Å². The van der Waals surface area contributed by atoms with E-state index in [-0.39, 0.29) is 34.3 Å². The lowest BCUT2D eigenvalue weighted by atomic mass is 9.93. The van der Waals surface area contributed by atoms with Gasteiger partial charge < -0.3 is 25.2 Å². The molecule has 1 heterocycles. The Morgan fingerprint density at radius 1 is 1.30 bits per heavy atom. The number of ketones is 1. The highest BCUT2D eigenvalue weighted by molar-refractivity contribution is 6.14. The molecule has 0 saturated carbocycles. The Morgan fingerprint density at radius 3 is 2.70 bits per heavy atom. The number of aromatic hydroxyl groups is 2. The van der Waals surface area contributed by atoms with E-state index in [2.05, 4.69) is 0 Å². The van der Waals surface area contributed by atoms with Crippen molar-refractivity contribution >= 4 is 16.6 Å². The average molecular weight is 275 g/mol. The molecule has 2 aromatic carbocycles. The lowest BCUT2D eigenvalue weighted by Gasteiger charge is -2.32. The molecule has 3 N–H and O–H groups in total. The lowest BCUT2D eigenvalue weighted by molar-refractivity contribution is -0.266. The van der Waals surface area contributed by atoms with Crippen LogP contribution in [-0.2, 0) is 0 Å². The number of phenolic OH excluding ortho intramolecular Hbond substituents is 2. The molecular formula is C14H11O6-. The Balaban J connectivity index is 2.42. The SMILES string of the molecule is CC1(O)CC(=O)c2c(cc([O-])c3c(O)cc(O)cc23)O1. The van der Waals surface area contributed by atoms with E-state index in [4.69, 9.17) is 4.74 Å². The number of hydrogen-bond acceptors (Lipinski definition) is 6. The molecule has 0 radical (unpaired) electrons. The number of Topliss-reactive ketones (excluding diaryl/α,β-unsaturated/α-hetero) is 1. The Labute approximate surface area is 113 Å². The summed E-state index contributed by atoms with van der Waals surface area (Å²) >= 11 is 0. The molecule has 104 valence electrons. The number of carbonyl (C=O) groups is 1. The fraction of sp³-hybridized carbons (Fsp3) is 0.214. The van der Waals surface area contributed by atoms with Crippen LogP contribution in [0.4, 0.5) is 0 Å². The second kappa shape index (κ2) is 3.77. The van der Waals surface area contributed by atoms with E-state index < -0.39 is 23.1 Å². The van der Waals surface area contributed by atoms with Crippen molar-refractivity contribution in [1.29, 1.82) is 0 Å². The molecule has 0 saturated heterocycles. The van der Waals surface area contributed by atoms with Crippen LogP contribution in [0.5, 0.6) is 23.0 Å². The van der Waals surface area contributed by atoms with E-state index in [1.54, 1.807) is 0 Å². The van der Waals surface area contributed by atoms with Gasteiger partial charge in [-0.2, -0.15) is 0 Å². The van der Waals surface area contributed by atoms with Crippen molar-refractivity contribution < 1.29 is 30.0 Å². The number of hydrogen-bond donors (Lipinski definition) is 3. The van der Waals surface area contributed by atoms with Gasteiger partial charge in [0, 0.05) is 23.8 Å². The predicted molar refractivity (Wildman–Crippen MR) is 66.9 cm³/mol. The molecule has 0 spiro atoms. The van der Waals surface area contributed by atoms with E-state index in [0.29, 0.717) is 0 Å². The van der Waals surface area contributed by atoms with Crippen molar-refractivity contribution in [2.75, 3.05) is 0 Å². The average Bonchev–Trinajstić information content (AvgIpc) is 2.24. The van der Waals surface area contributed by atoms with Crippen molar-refractivity contribution in [3.8, 4) is 23.0 Å². The van der Waals surface area contributed by atoms with Crippen LogP contribution in [0.3, 0.4) is 0 Å². The van der Waals surface area contributed by atoms with Crippen LogP contribution in [0.1, 0.15) is 23.7 Å². The quantitative estimate of drug-likeness (QED) is 0.661. The molecule has 0 fully saturated rings. The first-order valence-corrected chi connectivity index (χ1v) is 5.93. The van der Waals surface area contributed by atoms with Crippen LogP contribution in [0, 0.1) is 0 Å². The molecule has 0 amide bonds. The van der Waals surface area contributed by atoms with Crippen LogP contribution in [0.15, 0.2) is 18.2 Å². The fourth-order valence-corrected chi connectivity index (χ4v) is 2.49. The minimum absolute atomic E-state index is 0.0475. The molecule has 6 nitrogen and oxygen atoms in total. The molecular weight excluding hydrogens is 264 g/mol. The summed E-state index contributed by atoms with van der Waals surface area (Å²) in [6.45, 7) is 1.32. The van der Waals surface area contributed by atoms with Crippen molar-refractivity contribution in [1.82, 2.24) is 0 Å². The molecule has 1 aliphatic rings. The Bertz CT molecular complexity index is 747. The summed E-state index contributed by atoms with van der Waals surface area (Å²) in [5.74, 6) is -3.38. The van der Waals surface area contributed by atoms with Crippen molar-refractivity contribution in [3.05, 3.63) is 23.8 Å². The van der Waals surface area contributed by atoms with E-state index in [1.165, 1.54) is 13.0 Å². The molecule has 2 aromatic rings. The van der Waals surface area contributed by atoms with Gasteiger partial charge in [-0.05, 0) is 12.1 Å². The Morgan fingerprint density at radius 2 is 2.00 bits per heavy atom. The van der Waals surface area contributed by atoms with Crippen LogP contribution < -0.4 is 9.84 Å². The first kappa shape index (κ1) is 12.6. The maximum atomic E-state index is 12.1. The monoisotopic (exact) mass is 275 g/mol. The summed E-state index contributed by atoms with van der Waals surface area (Å²) < 4.78 is 5.23. The van der Waals surface area contributed by atoms with E-state index in [0.717, 1.165) is 12.1 Å². The number of rotatable bonds is 0. The lowest BCUT2D eigenvalue weighted by Crippen LogP contribution is -2.38. The first-order valence-electron chi connectivity index (χ1n) is 5.93. The van der Waals surface area contributed by atoms with Gasteiger partial charge in [0.15, 0.2) is 5.78 Å². The summed E-state index contributed by atoms with van der Waals surface area (Å²) in [6, 6.07) is 3.30. The molecule has 20 heavy (non-hydrogen) atoms. The highest BCUT2D eigenvalue weighted by Gasteiger charge is 2.36. The molecule has 0 aromatic heterocycles. The zero-order valence-electron chi connectivity index (χ0n) is 10.5. The Kier molecular flexibility index (Phi) is 2.37. The largest absolute Gasteiger partial charge is 0.872 e. The smallest absolute Gasteiger partial charge is 0.212 e. The van der Waals surface area contributed by atoms with Gasteiger partial charge in [0.1, 0.15) is 17.2 Å². The number of carbonyl (C=O) groups excluding carboxylic acids is 1. The standard InChI is InChI=1S/C14H12O6/c1-14(19)5-10(18)13-7-2-6(15)3-8(16)12(7)9(17)4-11(13)20-14/h2-4,15-17,19H,5H2,1H3/p-1. The van der Waals surface area contributed by atoms with Crippen molar-refractivity contribution in [3.63, 3.8) is 0 Å². The predicted octanol–water partition coefficient (Wildman–Crippen LogP) is 0.998. The van der Waals surface area contributed by atoms with Gasteiger partial charge in [-0.3, -0.25) is 4.79 Å². The topological polar surface area (TPSA) is 110 Å². The Hall–Kier alpha value is -2.47. The number of ether oxygens (including phenoxy) is 1. The molecule has 1 aliphatic heterocycles. The molecule has 0 aliphatic carbocycles. The fourth-order valence-electron chi connectivity index (χ4n) is 2.49. The normalized spacial score (nSPS) is 21.6. The number of aliphatic hydroxyl groups is 1. The zero-order valence-corrected chi connectivity index (χ0v) is 10.5. The molecule has 1 unspecified atom stereocenters. The molecule has 6 heteroatoms. The van der Waals surface area contributed by atoms with Gasteiger partial charge in [0.2, 0.25) is 5.79 Å². The molecule has 1 atom stereocenters. The van der Waals surface area contributed by atoms with Gasteiger partial charge in [0.05, 0.1) is 12.0 Å². The van der Waals surface area contributed by atoms with Gasteiger partial charge >= 0.3 is 0 Å². The summed E-state index contributed by atoms with van der Waals surface area (Å²) in [5.41, 5.74) is 0.0809. The first-order chi connectivity index (χ1) is 9.28. The number of phenols is 2. The van der Waals surface area contributed by atoms with E-state index >= 15 is 0 Å². The van der Waals surface area contributed by atoms with Crippen LogP contribution in [0.25, 0.3) is 10.8 Å². The van der Waals surface area contributed by atoms with E-state index in [9.17, 15) is 25.2 Å². The highest BCUT2D eigenvalue weighted by Crippen LogP contribution is 2.44. The van der Waals surface area contributed by atoms with Gasteiger partial charge in [0.25, 0.3) is 0 Å². The van der Waals surface area contributed by atoms with Crippen LogP contribution in [-0.4, -0.2) is 26.9 Å². The second-order valence-electron chi connectivity index (χ2n) is 5.01. The number of benzene rings is 2. The summed E-state index contributed by atoms with van der Waals surface area (Å²) in [5, 5.41) is 41.2. The van der Waals surface area contributed by atoms with Crippen LogP contribution >= 0.6 is 0 Å². The highest BCUT2D eigenvalue weighted by atomic mass is 16.6. The minimum atomic E-state index is -1.68. The van der Waals surface area contributed by atoms with Gasteiger partial charge in [-0.15, -0.1) is 0 Å². The van der Waals surface area contributed by atoms with Gasteiger partial charge in [-0.25, -0.2) is 0 Å². The molecule has 0 bridgehead atoms. The molecule has 3 rings (SSSR count). The maximum absolute atomic E-state index is 12.1. The zero-order chi connectivity index (χ0) is 14.7. The third-order valence-corrected chi connectivity index (χ3v) is 3.22. The van der Waals surface area contributed by atoms with E-state index in [1.807, 2.05) is 0 Å². The van der Waals surface area contributed by atoms with Gasteiger partial charge in [-0.1, -0.05) is 5.75 Å². The summed E-state index contributed by atoms with van der Waals surface area (Å²) in [6.07, 6.45) is -0.274. The maximum Gasteiger partial charge on any atom is 0.212 e. The second-order valence-corrected chi connectivity index (χ2v) is 5.01.